The maximum Gasteiger partial charge on any atom is 0.0706 e. The van der Waals surface area contributed by atoms with Crippen LogP contribution in [0.3, 0.4) is 0 Å². The Balaban J connectivity index is 1.74. The van der Waals surface area contributed by atoms with Crippen LogP contribution in [0.2, 0.25) is 0 Å². The van der Waals surface area contributed by atoms with Crippen molar-refractivity contribution < 1.29 is 5.11 Å². The Bertz CT molecular complexity index is 320. The van der Waals surface area contributed by atoms with Crippen LogP contribution in [0.5, 0.6) is 0 Å². The zero-order valence-electron chi connectivity index (χ0n) is 14.2. The van der Waals surface area contributed by atoms with E-state index in [1.807, 2.05) is 0 Å². The van der Waals surface area contributed by atoms with Crippen LogP contribution in [0.4, 0.5) is 0 Å². The average molecular weight is 293 g/mol. The van der Waals surface area contributed by atoms with Gasteiger partial charge in [-0.15, -0.1) is 0 Å². The van der Waals surface area contributed by atoms with Gasteiger partial charge in [-0.2, -0.15) is 0 Å². The topological polar surface area (TPSA) is 20.2 Å². The fourth-order valence-electron chi connectivity index (χ4n) is 6.01. The maximum atomic E-state index is 11.7. The highest BCUT2D eigenvalue weighted by Crippen LogP contribution is 2.51. The van der Waals surface area contributed by atoms with Crippen LogP contribution >= 0.6 is 0 Å². The Morgan fingerprint density at radius 2 is 1.62 bits per heavy atom. The van der Waals surface area contributed by atoms with Gasteiger partial charge in [0.15, 0.2) is 0 Å². The van der Waals surface area contributed by atoms with E-state index >= 15 is 0 Å². The molecule has 4 atom stereocenters. The molecule has 21 heavy (non-hydrogen) atoms. The van der Waals surface area contributed by atoms with Crippen LogP contribution in [-0.2, 0) is 0 Å². The first-order valence-corrected chi connectivity index (χ1v) is 9.96. The van der Waals surface area contributed by atoms with Crippen LogP contribution in [0.1, 0.15) is 96.8 Å². The van der Waals surface area contributed by atoms with Gasteiger partial charge >= 0.3 is 0 Å². The zero-order chi connectivity index (χ0) is 14.7. The quantitative estimate of drug-likeness (QED) is 0.707. The molecule has 0 radical (unpaired) electrons. The molecular weight excluding hydrogens is 256 g/mol. The molecule has 0 heterocycles. The molecule has 0 aromatic carbocycles. The summed E-state index contributed by atoms with van der Waals surface area (Å²) in [6, 6.07) is 0. The molecule has 3 aliphatic rings. The van der Waals surface area contributed by atoms with Crippen LogP contribution in [-0.4, -0.2) is 10.7 Å². The van der Waals surface area contributed by atoms with E-state index in [0.29, 0.717) is 11.8 Å². The third-order valence-corrected chi connectivity index (χ3v) is 7.27. The van der Waals surface area contributed by atoms with E-state index in [4.69, 9.17) is 0 Å². The monoisotopic (exact) mass is 292 g/mol. The standard InChI is InChI=1S/C20H36O/c1-2-16-9-8-12-18(15-16)20(21)14-7-6-13-19(20)17-10-4-3-5-11-17/h16-19,21H,2-15H2,1H3. The van der Waals surface area contributed by atoms with Gasteiger partial charge in [-0.25, -0.2) is 0 Å². The molecule has 1 nitrogen and oxygen atoms in total. The van der Waals surface area contributed by atoms with Crippen molar-refractivity contribution in [1.29, 1.82) is 0 Å². The van der Waals surface area contributed by atoms with Gasteiger partial charge in [0.25, 0.3) is 0 Å². The van der Waals surface area contributed by atoms with Crippen molar-refractivity contribution in [3.63, 3.8) is 0 Å². The maximum absolute atomic E-state index is 11.7. The molecule has 4 unspecified atom stereocenters. The smallest absolute Gasteiger partial charge is 0.0706 e. The van der Waals surface area contributed by atoms with Crippen molar-refractivity contribution in [2.75, 3.05) is 0 Å². The largest absolute Gasteiger partial charge is 0.389 e. The summed E-state index contributed by atoms with van der Waals surface area (Å²) in [6.07, 6.45) is 18.8. The minimum Gasteiger partial charge on any atom is -0.389 e. The Morgan fingerprint density at radius 1 is 0.857 bits per heavy atom. The van der Waals surface area contributed by atoms with Gasteiger partial charge in [0.2, 0.25) is 0 Å². The molecule has 3 fully saturated rings. The Kier molecular flexibility index (Phi) is 5.30. The molecular formula is C20H36O. The summed E-state index contributed by atoms with van der Waals surface area (Å²) in [5.41, 5.74) is -0.298. The molecule has 1 N–H and O–H groups in total. The molecule has 3 rings (SSSR count). The van der Waals surface area contributed by atoms with E-state index in [0.717, 1.165) is 18.3 Å². The summed E-state index contributed by atoms with van der Waals surface area (Å²) in [5.74, 6) is 2.98. The third-order valence-electron chi connectivity index (χ3n) is 7.27. The number of rotatable bonds is 3. The normalized spacial score (nSPS) is 42.9. The van der Waals surface area contributed by atoms with E-state index in [-0.39, 0.29) is 5.60 Å². The first kappa shape index (κ1) is 15.8. The lowest BCUT2D eigenvalue weighted by molar-refractivity contribution is -0.131. The predicted octanol–water partition coefficient (Wildman–Crippen LogP) is 5.70. The summed E-state index contributed by atoms with van der Waals surface area (Å²) in [7, 11) is 0. The molecule has 0 aromatic heterocycles. The Morgan fingerprint density at radius 3 is 2.38 bits per heavy atom. The highest BCUT2D eigenvalue weighted by molar-refractivity contribution is 4.99. The summed E-state index contributed by atoms with van der Waals surface area (Å²) in [6.45, 7) is 2.34. The minimum atomic E-state index is -0.298. The van der Waals surface area contributed by atoms with Gasteiger partial charge < -0.3 is 5.11 Å². The van der Waals surface area contributed by atoms with Gasteiger partial charge in [-0.1, -0.05) is 71.1 Å². The van der Waals surface area contributed by atoms with E-state index in [2.05, 4.69) is 6.92 Å². The van der Waals surface area contributed by atoms with Crippen molar-refractivity contribution in [2.24, 2.45) is 23.7 Å². The second-order valence-electron chi connectivity index (χ2n) is 8.38. The van der Waals surface area contributed by atoms with Crippen molar-refractivity contribution in [1.82, 2.24) is 0 Å². The fourth-order valence-corrected chi connectivity index (χ4v) is 6.01. The van der Waals surface area contributed by atoms with Crippen LogP contribution in [0.15, 0.2) is 0 Å². The molecule has 0 aromatic rings. The Labute approximate surface area is 131 Å². The lowest BCUT2D eigenvalue weighted by Gasteiger charge is -2.51. The SMILES string of the molecule is CCC1CCCC(C2(O)CCCCC2C2CCCCC2)C1. The summed E-state index contributed by atoms with van der Waals surface area (Å²) in [5, 5.41) is 11.7. The van der Waals surface area contributed by atoms with Gasteiger partial charge in [0.05, 0.1) is 5.60 Å². The molecule has 0 bridgehead atoms. The van der Waals surface area contributed by atoms with Gasteiger partial charge in [0.1, 0.15) is 0 Å². The third kappa shape index (κ3) is 3.33. The molecule has 0 amide bonds. The van der Waals surface area contributed by atoms with E-state index in [1.54, 1.807) is 0 Å². The average Bonchev–Trinajstić information content (AvgIpc) is 2.56. The lowest BCUT2D eigenvalue weighted by Crippen LogP contribution is -2.51. The van der Waals surface area contributed by atoms with Crippen LogP contribution < -0.4 is 0 Å². The van der Waals surface area contributed by atoms with Gasteiger partial charge in [-0.3, -0.25) is 0 Å². The van der Waals surface area contributed by atoms with Gasteiger partial charge in [-0.05, 0) is 49.4 Å². The molecule has 0 saturated heterocycles. The Hall–Kier alpha value is -0.0400. The van der Waals surface area contributed by atoms with Crippen LogP contribution in [0, 0.1) is 23.7 Å². The summed E-state index contributed by atoms with van der Waals surface area (Å²) >= 11 is 0. The zero-order valence-corrected chi connectivity index (χ0v) is 14.2. The second-order valence-corrected chi connectivity index (χ2v) is 8.38. The second kappa shape index (κ2) is 7.02. The molecule has 3 aliphatic carbocycles. The van der Waals surface area contributed by atoms with Crippen molar-refractivity contribution >= 4 is 0 Å². The first-order chi connectivity index (χ1) is 10.2. The summed E-state index contributed by atoms with van der Waals surface area (Å²) in [4.78, 5) is 0. The van der Waals surface area contributed by atoms with E-state index in [1.165, 1.54) is 83.5 Å². The molecule has 1 heteroatoms. The van der Waals surface area contributed by atoms with Crippen molar-refractivity contribution in [3.05, 3.63) is 0 Å². The van der Waals surface area contributed by atoms with Crippen molar-refractivity contribution in [2.45, 2.75) is 102 Å². The lowest BCUT2D eigenvalue weighted by atomic mass is 9.58. The molecule has 0 spiro atoms. The number of hydrogen-bond acceptors (Lipinski definition) is 1. The number of aliphatic hydroxyl groups is 1. The number of hydrogen-bond donors (Lipinski definition) is 1. The summed E-state index contributed by atoms with van der Waals surface area (Å²) < 4.78 is 0. The van der Waals surface area contributed by atoms with Gasteiger partial charge in [0, 0.05) is 0 Å². The molecule has 122 valence electrons. The van der Waals surface area contributed by atoms with E-state index in [9.17, 15) is 5.11 Å². The molecule has 3 saturated carbocycles. The highest BCUT2D eigenvalue weighted by Gasteiger charge is 2.48. The fraction of sp³-hybridized carbons (Fsp3) is 1.00. The van der Waals surface area contributed by atoms with E-state index < -0.39 is 0 Å². The first-order valence-electron chi connectivity index (χ1n) is 9.96. The molecule has 0 aliphatic heterocycles. The highest BCUT2D eigenvalue weighted by atomic mass is 16.3. The van der Waals surface area contributed by atoms with Crippen LogP contribution in [0.25, 0.3) is 0 Å². The minimum absolute atomic E-state index is 0.298. The predicted molar refractivity (Wildman–Crippen MR) is 89.2 cm³/mol. The van der Waals surface area contributed by atoms with Crippen molar-refractivity contribution in [3.8, 4) is 0 Å².